The third-order valence-electron chi connectivity index (χ3n) is 3.89. The van der Waals surface area contributed by atoms with E-state index in [1.54, 1.807) is 11.8 Å². The van der Waals surface area contributed by atoms with Crippen LogP contribution >= 0.6 is 11.8 Å². The van der Waals surface area contributed by atoms with E-state index < -0.39 is 5.60 Å². The summed E-state index contributed by atoms with van der Waals surface area (Å²) < 4.78 is 5.45. The Morgan fingerprint density at radius 1 is 1.08 bits per heavy atom. The molecule has 3 rings (SSSR count). The van der Waals surface area contributed by atoms with Crippen molar-refractivity contribution in [2.45, 2.75) is 49.0 Å². The summed E-state index contributed by atoms with van der Waals surface area (Å²) in [5, 5.41) is 3.34. The molecule has 0 unspecified atom stereocenters. The van der Waals surface area contributed by atoms with Crippen LogP contribution in [0.5, 0.6) is 0 Å². The molecule has 1 aliphatic rings. The molecule has 1 amide bonds. The molecule has 2 aromatic rings. The van der Waals surface area contributed by atoms with Crippen LogP contribution in [0.25, 0.3) is 0 Å². The van der Waals surface area contributed by atoms with Gasteiger partial charge in [0.15, 0.2) is 0 Å². The van der Waals surface area contributed by atoms with Gasteiger partial charge in [0, 0.05) is 10.1 Å². The normalized spacial score (nSPS) is 19.6. The van der Waals surface area contributed by atoms with Gasteiger partial charge < -0.3 is 10.1 Å². The van der Waals surface area contributed by atoms with Crippen LogP contribution in [0.2, 0.25) is 0 Å². The molecule has 2 atom stereocenters. The van der Waals surface area contributed by atoms with Crippen molar-refractivity contribution < 1.29 is 9.53 Å². The Kier molecular flexibility index (Phi) is 4.86. The number of benzene rings is 2. The average Bonchev–Trinajstić information content (AvgIpc) is 2.84. The highest BCUT2D eigenvalue weighted by Crippen LogP contribution is 2.41. The van der Waals surface area contributed by atoms with E-state index in [0.717, 1.165) is 6.42 Å². The minimum absolute atomic E-state index is 0.0405. The Morgan fingerprint density at radius 2 is 1.75 bits per heavy atom. The molecule has 0 fully saturated rings. The summed E-state index contributed by atoms with van der Waals surface area (Å²) in [6.07, 6.45) is 0.582. The number of hydrogen-bond donors (Lipinski definition) is 1. The Hall–Kier alpha value is -1.94. The summed E-state index contributed by atoms with van der Waals surface area (Å²) in [5.74, 6) is 0. The van der Waals surface area contributed by atoms with E-state index in [4.69, 9.17) is 4.74 Å². The second-order valence-corrected chi connectivity index (χ2v) is 8.31. The molecule has 0 spiro atoms. The number of ether oxygens (including phenoxy) is 1. The predicted molar refractivity (Wildman–Crippen MR) is 98.3 cm³/mol. The summed E-state index contributed by atoms with van der Waals surface area (Å²) in [5.41, 5.74) is 1.99. The molecule has 1 N–H and O–H groups in total. The van der Waals surface area contributed by atoms with Crippen molar-refractivity contribution in [3.8, 4) is 0 Å². The largest absolute Gasteiger partial charge is 0.444 e. The topological polar surface area (TPSA) is 38.3 Å². The summed E-state index contributed by atoms with van der Waals surface area (Å²) in [4.78, 5) is 13.5. The molecule has 0 saturated heterocycles. The van der Waals surface area contributed by atoms with Gasteiger partial charge in [-0.25, -0.2) is 4.79 Å². The van der Waals surface area contributed by atoms with Crippen LogP contribution in [0, 0.1) is 0 Å². The zero-order chi connectivity index (χ0) is 17.2. The van der Waals surface area contributed by atoms with Crippen molar-refractivity contribution in [3.05, 3.63) is 65.7 Å². The van der Waals surface area contributed by atoms with Crippen molar-refractivity contribution in [1.82, 2.24) is 5.32 Å². The monoisotopic (exact) mass is 341 g/mol. The summed E-state index contributed by atoms with van der Waals surface area (Å²) in [6, 6.07) is 18.6. The van der Waals surface area contributed by atoms with Crippen molar-refractivity contribution in [2.75, 3.05) is 0 Å². The molecule has 0 heterocycles. The third-order valence-corrected chi connectivity index (χ3v) is 5.17. The molecule has 0 bridgehead atoms. The van der Waals surface area contributed by atoms with Crippen LogP contribution in [0.4, 0.5) is 4.79 Å². The van der Waals surface area contributed by atoms with Gasteiger partial charge in [0.25, 0.3) is 0 Å². The van der Waals surface area contributed by atoms with Crippen LogP contribution in [-0.4, -0.2) is 16.9 Å². The maximum Gasteiger partial charge on any atom is 0.408 e. The highest BCUT2D eigenvalue weighted by Gasteiger charge is 2.35. The molecule has 0 aromatic heterocycles. The van der Waals surface area contributed by atoms with E-state index in [9.17, 15) is 4.79 Å². The first kappa shape index (κ1) is 16.9. The van der Waals surface area contributed by atoms with Crippen molar-refractivity contribution >= 4 is 17.9 Å². The summed E-state index contributed by atoms with van der Waals surface area (Å²) in [7, 11) is 0. The van der Waals surface area contributed by atoms with E-state index in [1.807, 2.05) is 45.0 Å². The number of hydrogen-bond acceptors (Lipinski definition) is 3. The Morgan fingerprint density at radius 3 is 2.46 bits per heavy atom. The maximum atomic E-state index is 12.3. The smallest absolute Gasteiger partial charge is 0.408 e. The highest BCUT2D eigenvalue weighted by atomic mass is 32.2. The maximum absolute atomic E-state index is 12.3. The number of amides is 1. The Labute approximate surface area is 147 Å². The molecular formula is C20H23NO2S. The first-order valence-electron chi connectivity index (χ1n) is 8.21. The minimum atomic E-state index is -0.496. The quantitative estimate of drug-likeness (QED) is 0.856. The van der Waals surface area contributed by atoms with E-state index in [-0.39, 0.29) is 17.4 Å². The van der Waals surface area contributed by atoms with Crippen molar-refractivity contribution in [2.24, 2.45) is 0 Å². The Bertz CT molecular complexity index is 709. The first-order chi connectivity index (χ1) is 11.4. The zero-order valence-corrected chi connectivity index (χ0v) is 15.1. The Balaban J connectivity index is 1.79. The SMILES string of the molecule is CC(C)(C)OC(=O)N[C@H]1c2ccccc2C[C@@H]1Sc1ccccc1. The molecule has 1 aliphatic carbocycles. The lowest BCUT2D eigenvalue weighted by molar-refractivity contribution is 0.0505. The van der Waals surface area contributed by atoms with Gasteiger partial charge in [-0.05, 0) is 50.5 Å². The number of fused-ring (bicyclic) bond motifs is 1. The van der Waals surface area contributed by atoms with E-state index >= 15 is 0 Å². The molecule has 126 valence electrons. The van der Waals surface area contributed by atoms with Gasteiger partial charge in [0.2, 0.25) is 0 Å². The standard InChI is InChI=1S/C20H23NO2S/c1-20(2,3)23-19(22)21-18-16-12-8-7-9-14(16)13-17(18)24-15-10-5-4-6-11-15/h4-12,17-18H,13H2,1-3H3,(H,21,22)/t17-,18-/m0/s1. The molecule has 4 heteroatoms. The molecule has 0 radical (unpaired) electrons. The number of nitrogens with one attached hydrogen (secondary N) is 1. The number of carbonyl (C=O) groups excluding carboxylic acids is 1. The fourth-order valence-electron chi connectivity index (χ4n) is 2.95. The lowest BCUT2D eigenvalue weighted by atomic mass is 10.1. The number of rotatable bonds is 3. The highest BCUT2D eigenvalue weighted by molar-refractivity contribution is 8.00. The average molecular weight is 341 g/mol. The number of carbonyl (C=O) groups is 1. The zero-order valence-electron chi connectivity index (χ0n) is 14.3. The third kappa shape index (κ3) is 4.12. The lowest BCUT2D eigenvalue weighted by Gasteiger charge is -2.25. The minimum Gasteiger partial charge on any atom is -0.444 e. The van der Waals surface area contributed by atoms with E-state index in [0.29, 0.717) is 0 Å². The van der Waals surface area contributed by atoms with Gasteiger partial charge in [-0.15, -0.1) is 11.8 Å². The van der Waals surface area contributed by atoms with Gasteiger partial charge in [0.1, 0.15) is 5.60 Å². The van der Waals surface area contributed by atoms with Gasteiger partial charge in [-0.1, -0.05) is 42.5 Å². The molecule has 0 aliphatic heterocycles. The number of alkyl carbamates (subject to hydrolysis) is 1. The molecule has 24 heavy (non-hydrogen) atoms. The van der Waals surface area contributed by atoms with E-state index in [2.05, 4.69) is 35.6 Å². The van der Waals surface area contributed by atoms with Crippen molar-refractivity contribution in [3.63, 3.8) is 0 Å². The number of thioether (sulfide) groups is 1. The second kappa shape index (κ2) is 6.89. The van der Waals surface area contributed by atoms with Crippen LogP contribution in [0.3, 0.4) is 0 Å². The second-order valence-electron chi connectivity index (χ2n) is 7.00. The summed E-state index contributed by atoms with van der Waals surface area (Å²) >= 11 is 1.81. The molecule has 0 saturated carbocycles. The molecule has 2 aromatic carbocycles. The van der Waals surface area contributed by atoms with Crippen molar-refractivity contribution in [1.29, 1.82) is 0 Å². The van der Waals surface area contributed by atoms with Crippen LogP contribution in [-0.2, 0) is 11.2 Å². The van der Waals surface area contributed by atoms with Crippen LogP contribution < -0.4 is 5.32 Å². The molecular weight excluding hydrogens is 318 g/mol. The van der Waals surface area contributed by atoms with Gasteiger partial charge in [-0.3, -0.25) is 0 Å². The van der Waals surface area contributed by atoms with Gasteiger partial charge in [-0.2, -0.15) is 0 Å². The first-order valence-corrected chi connectivity index (χ1v) is 9.09. The van der Waals surface area contributed by atoms with Gasteiger partial charge >= 0.3 is 6.09 Å². The fourth-order valence-corrected chi connectivity index (χ4v) is 4.22. The van der Waals surface area contributed by atoms with Crippen LogP contribution in [0.15, 0.2) is 59.5 Å². The fraction of sp³-hybridized carbons (Fsp3) is 0.350. The van der Waals surface area contributed by atoms with Crippen LogP contribution in [0.1, 0.15) is 37.9 Å². The van der Waals surface area contributed by atoms with Gasteiger partial charge in [0.05, 0.1) is 6.04 Å². The predicted octanol–water partition coefficient (Wildman–Crippen LogP) is 4.97. The summed E-state index contributed by atoms with van der Waals surface area (Å²) in [6.45, 7) is 5.64. The van der Waals surface area contributed by atoms with E-state index in [1.165, 1.54) is 16.0 Å². The molecule has 3 nitrogen and oxygen atoms in total. The lowest BCUT2D eigenvalue weighted by Crippen LogP contribution is -2.37.